The first kappa shape index (κ1) is 8.10. The minimum Gasteiger partial charge on any atom is -0.326 e. The summed E-state index contributed by atoms with van der Waals surface area (Å²) in [6, 6.07) is 9.84. The summed E-state index contributed by atoms with van der Waals surface area (Å²) in [5.41, 5.74) is 0.983. The Morgan fingerprint density at radius 2 is 1.85 bits per heavy atom. The molecule has 1 aliphatic heterocycles. The van der Waals surface area contributed by atoms with Crippen molar-refractivity contribution in [2.75, 3.05) is 25.0 Å². The first-order valence-corrected chi connectivity index (χ1v) is 4.37. The van der Waals surface area contributed by atoms with Crippen molar-refractivity contribution >= 4 is 11.7 Å². The monoisotopic (exact) mass is 176 g/mol. The van der Waals surface area contributed by atoms with Gasteiger partial charge in [0.2, 0.25) is 0 Å². The van der Waals surface area contributed by atoms with E-state index in [1.165, 1.54) is 0 Å². The van der Waals surface area contributed by atoms with E-state index < -0.39 is 0 Å². The lowest BCUT2D eigenvalue weighted by atomic mass is 10.3. The average Bonchev–Trinajstić information content (AvgIpc) is 2.49. The second-order valence-electron chi connectivity index (χ2n) is 3.19. The average molecular weight is 176 g/mol. The number of hydrogen-bond acceptors (Lipinski definition) is 1. The fourth-order valence-electron chi connectivity index (χ4n) is 1.49. The van der Waals surface area contributed by atoms with E-state index in [2.05, 4.69) is 0 Å². The van der Waals surface area contributed by atoms with Gasteiger partial charge >= 0.3 is 6.03 Å². The minimum absolute atomic E-state index is 0.0891. The molecule has 13 heavy (non-hydrogen) atoms. The summed E-state index contributed by atoms with van der Waals surface area (Å²) in [6.07, 6.45) is 0. The lowest BCUT2D eigenvalue weighted by Crippen LogP contribution is -2.28. The van der Waals surface area contributed by atoms with Crippen molar-refractivity contribution in [3.63, 3.8) is 0 Å². The van der Waals surface area contributed by atoms with Gasteiger partial charge in [-0.2, -0.15) is 0 Å². The Balaban J connectivity index is 2.24. The van der Waals surface area contributed by atoms with Crippen LogP contribution in [0.4, 0.5) is 10.5 Å². The molecule has 0 aliphatic carbocycles. The van der Waals surface area contributed by atoms with Gasteiger partial charge in [0, 0.05) is 25.8 Å². The van der Waals surface area contributed by atoms with Gasteiger partial charge in [-0.05, 0) is 12.1 Å². The summed E-state index contributed by atoms with van der Waals surface area (Å²) in [5.74, 6) is 0. The van der Waals surface area contributed by atoms with Crippen molar-refractivity contribution in [1.29, 1.82) is 0 Å². The van der Waals surface area contributed by atoms with Gasteiger partial charge in [0.25, 0.3) is 0 Å². The van der Waals surface area contributed by atoms with E-state index in [1.54, 1.807) is 9.80 Å². The molecule has 0 N–H and O–H groups in total. The van der Waals surface area contributed by atoms with Gasteiger partial charge in [-0.15, -0.1) is 0 Å². The smallest absolute Gasteiger partial charge is 0.324 e. The number of benzene rings is 1. The Morgan fingerprint density at radius 3 is 2.38 bits per heavy atom. The highest BCUT2D eigenvalue weighted by Crippen LogP contribution is 2.18. The van der Waals surface area contributed by atoms with Crippen molar-refractivity contribution in [3.05, 3.63) is 30.3 Å². The lowest BCUT2D eigenvalue weighted by Gasteiger charge is -2.15. The second-order valence-corrected chi connectivity index (χ2v) is 3.19. The summed E-state index contributed by atoms with van der Waals surface area (Å²) in [4.78, 5) is 15.1. The largest absolute Gasteiger partial charge is 0.326 e. The maximum Gasteiger partial charge on any atom is 0.324 e. The van der Waals surface area contributed by atoms with E-state index in [4.69, 9.17) is 0 Å². The topological polar surface area (TPSA) is 23.6 Å². The molecule has 1 aromatic rings. The molecule has 0 aromatic heterocycles. The first-order valence-electron chi connectivity index (χ1n) is 4.37. The van der Waals surface area contributed by atoms with Crippen LogP contribution in [-0.2, 0) is 0 Å². The van der Waals surface area contributed by atoms with Crippen LogP contribution in [0.5, 0.6) is 0 Å². The van der Waals surface area contributed by atoms with Crippen LogP contribution in [0.1, 0.15) is 0 Å². The van der Waals surface area contributed by atoms with E-state index in [9.17, 15) is 4.79 Å². The summed E-state index contributed by atoms with van der Waals surface area (Å²) >= 11 is 0. The molecule has 0 saturated carbocycles. The summed E-state index contributed by atoms with van der Waals surface area (Å²) in [6.45, 7) is 1.60. The molecule has 2 rings (SSSR count). The highest BCUT2D eigenvalue weighted by molar-refractivity contribution is 5.93. The van der Waals surface area contributed by atoms with E-state index >= 15 is 0 Å². The fourth-order valence-corrected chi connectivity index (χ4v) is 1.49. The van der Waals surface area contributed by atoms with E-state index in [1.807, 2.05) is 37.4 Å². The van der Waals surface area contributed by atoms with Crippen LogP contribution >= 0.6 is 0 Å². The summed E-state index contributed by atoms with van der Waals surface area (Å²) in [5, 5.41) is 0. The third-order valence-electron chi connectivity index (χ3n) is 2.28. The van der Waals surface area contributed by atoms with E-state index in [0.29, 0.717) is 0 Å². The molecule has 3 heteroatoms. The second kappa shape index (κ2) is 3.09. The zero-order chi connectivity index (χ0) is 9.26. The molecular weight excluding hydrogens is 164 g/mol. The number of rotatable bonds is 1. The van der Waals surface area contributed by atoms with Gasteiger partial charge < -0.3 is 4.90 Å². The minimum atomic E-state index is 0.0891. The number of likely N-dealkylation sites (N-methyl/N-ethyl adjacent to an activating group) is 1. The number of hydrogen-bond donors (Lipinski definition) is 0. The quantitative estimate of drug-likeness (QED) is 0.637. The molecule has 0 spiro atoms. The van der Waals surface area contributed by atoms with Crippen LogP contribution in [0.15, 0.2) is 30.3 Å². The van der Waals surface area contributed by atoms with Gasteiger partial charge in [-0.1, -0.05) is 18.2 Å². The van der Waals surface area contributed by atoms with Crippen LogP contribution in [0.25, 0.3) is 0 Å². The van der Waals surface area contributed by atoms with Crippen LogP contribution < -0.4 is 4.90 Å². The van der Waals surface area contributed by atoms with Gasteiger partial charge in [0.05, 0.1) is 0 Å². The van der Waals surface area contributed by atoms with E-state index in [-0.39, 0.29) is 6.03 Å². The van der Waals surface area contributed by atoms with Gasteiger partial charge in [0.15, 0.2) is 0 Å². The van der Waals surface area contributed by atoms with Crippen molar-refractivity contribution < 1.29 is 4.79 Å². The maximum absolute atomic E-state index is 11.6. The third kappa shape index (κ3) is 1.37. The van der Waals surface area contributed by atoms with E-state index in [0.717, 1.165) is 18.8 Å². The Hall–Kier alpha value is -1.51. The number of carbonyl (C=O) groups is 1. The molecule has 2 amide bonds. The highest BCUT2D eigenvalue weighted by Gasteiger charge is 2.25. The Labute approximate surface area is 77.6 Å². The summed E-state index contributed by atoms with van der Waals surface area (Å²) in [7, 11) is 1.82. The highest BCUT2D eigenvalue weighted by atomic mass is 16.2. The fraction of sp³-hybridized carbons (Fsp3) is 0.300. The van der Waals surface area contributed by atoms with Gasteiger partial charge in [0.1, 0.15) is 0 Å². The van der Waals surface area contributed by atoms with Crippen molar-refractivity contribution in [2.45, 2.75) is 0 Å². The first-order chi connectivity index (χ1) is 6.29. The van der Waals surface area contributed by atoms with Crippen molar-refractivity contribution in [3.8, 4) is 0 Å². The number of carbonyl (C=O) groups excluding carboxylic acids is 1. The number of amides is 2. The zero-order valence-electron chi connectivity index (χ0n) is 7.60. The maximum atomic E-state index is 11.6. The molecule has 0 bridgehead atoms. The lowest BCUT2D eigenvalue weighted by molar-refractivity contribution is 0.229. The normalized spacial score (nSPS) is 16.8. The molecule has 1 aromatic carbocycles. The molecule has 1 heterocycles. The molecule has 68 valence electrons. The summed E-state index contributed by atoms with van der Waals surface area (Å²) < 4.78 is 0. The molecule has 0 unspecified atom stereocenters. The van der Waals surface area contributed by atoms with Crippen molar-refractivity contribution in [1.82, 2.24) is 4.90 Å². The van der Waals surface area contributed by atoms with Gasteiger partial charge in [-0.25, -0.2) is 4.79 Å². The molecule has 0 radical (unpaired) electrons. The number of nitrogens with zero attached hydrogens (tertiary/aromatic N) is 2. The van der Waals surface area contributed by atoms with Crippen LogP contribution in [0.3, 0.4) is 0 Å². The number of anilines is 1. The third-order valence-corrected chi connectivity index (χ3v) is 2.28. The number of para-hydroxylation sites is 1. The van der Waals surface area contributed by atoms with Gasteiger partial charge in [-0.3, -0.25) is 4.90 Å². The molecule has 1 fully saturated rings. The van der Waals surface area contributed by atoms with Crippen LogP contribution in [0.2, 0.25) is 0 Å². The molecular formula is C10H12N2O. The molecule has 0 atom stereocenters. The van der Waals surface area contributed by atoms with Crippen LogP contribution in [0, 0.1) is 0 Å². The Bertz CT molecular complexity index is 310. The molecule has 3 nitrogen and oxygen atoms in total. The Morgan fingerprint density at radius 1 is 1.15 bits per heavy atom. The predicted octanol–water partition coefficient (Wildman–Crippen LogP) is 1.56. The molecule has 1 saturated heterocycles. The SMILES string of the molecule is CN1CCN(c2ccccc2)C1=O. The number of urea groups is 1. The zero-order valence-corrected chi connectivity index (χ0v) is 7.60. The standard InChI is InChI=1S/C10H12N2O/c1-11-7-8-12(10(11)13)9-5-3-2-4-6-9/h2-6H,7-8H2,1H3. The predicted molar refractivity (Wildman–Crippen MR) is 51.8 cm³/mol. The van der Waals surface area contributed by atoms with Crippen molar-refractivity contribution in [2.24, 2.45) is 0 Å². The Kier molecular flexibility index (Phi) is 1.93. The molecule has 1 aliphatic rings. The van der Waals surface area contributed by atoms with Crippen LogP contribution in [-0.4, -0.2) is 31.1 Å².